The van der Waals surface area contributed by atoms with E-state index >= 15 is 0 Å². The third-order valence-electron chi connectivity index (χ3n) is 3.39. The molecule has 0 atom stereocenters. The monoisotopic (exact) mass is 400 g/mol. The number of nitrogens with one attached hydrogen (secondary N) is 2. The predicted octanol–water partition coefficient (Wildman–Crippen LogP) is 5.40. The smallest absolute Gasteiger partial charge is 0.325 e. The van der Waals surface area contributed by atoms with E-state index in [0.717, 1.165) is 11.3 Å². The Morgan fingerprint density at radius 1 is 1.11 bits per heavy atom. The molecule has 0 saturated carbocycles. The van der Waals surface area contributed by atoms with Gasteiger partial charge in [-0.2, -0.15) is 0 Å². The number of rotatable bonds is 6. The van der Waals surface area contributed by atoms with Crippen LogP contribution in [0, 0.1) is 0 Å². The molecule has 27 heavy (non-hydrogen) atoms. The number of carbonyl (C=O) groups excluding carboxylic acids is 1. The molecule has 0 radical (unpaired) electrons. The number of benzene rings is 2. The first-order valence-electron chi connectivity index (χ1n) is 8.21. The van der Waals surface area contributed by atoms with Gasteiger partial charge in [0.15, 0.2) is 0 Å². The number of urea groups is 1. The first-order valence-corrected chi connectivity index (χ1v) is 9.40. The number of hydrogen-bond donors (Lipinski definition) is 2. The highest BCUT2D eigenvalue weighted by molar-refractivity contribution is 7.16. The van der Waals surface area contributed by atoms with E-state index in [2.05, 4.69) is 20.8 Å². The number of hydrogen-bond acceptors (Lipinski definition) is 5. The standard InChI is InChI=1S/C19H17ClN4O2S/c1-2-26-15-10-8-14(9-11-15)21-18(25)22-19-24-23-17(27-19)12-7-13-5-3-4-6-16(13)20/h3-12H,2H2,1H3,(H2,21,22,24,25)/b12-7-. The van der Waals surface area contributed by atoms with E-state index < -0.39 is 6.03 Å². The van der Waals surface area contributed by atoms with Gasteiger partial charge in [0.05, 0.1) is 6.61 Å². The zero-order chi connectivity index (χ0) is 19.1. The van der Waals surface area contributed by atoms with Crippen LogP contribution in [0.5, 0.6) is 5.75 Å². The molecule has 6 nitrogen and oxygen atoms in total. The van der Waals surface area contributed by atoms with Crippen molar-refractivity contribution in [1.29, 1.82) is 0 Å². The van der Waals surface area contributed by atoms with E-state index in [1.807, 2.05) is 37.3 Å². The van der Waals surface area contributed by atoms with Gasteiger partial charge in [0, 0.05) is 10.7 Å². The second-order valence-electron chi connectivity index (χ2n) is 5.34. The van der Waals surface area contributed by atoms with E-state index in [0.29, 0.717) is 27.5 Å². The Morgan fingerprint density at radius 3 is 2.63 bits per heavy atom. The van der Waals surface area contributed by atoms with Crippen LogP contribution in [0.3, 0.4) is 0 Å². The Kier molecular flexibility index (Phi) is 6.40. The summed E-state index contributed by atoms with van der Waals surface area (Å²) < 4.78 is 5.37. The number of aromatic nitrogens is 2. The zero-order valence-electron chi connectivity index (χ0n) is 14.5. The van der Waals surface area contributed by atoms with Crippen molar-refractivity contribution in [3.05, 3.63) is 64.1 Å². The minimum absolute atomic E-state index is 0.392. The topological polar surface area (TPSA) is 76.1 Å². The molecule has 0 unspecified atom stereocenters. The number of amides is 2. The fraction of sp³-hybridized carbons (Fsp3) is 0.105. The SMILES string of the molecule is CCOc1ccc(NC(=O)Nc2nnc(/C=C\c3ccccc3Cl)s2)cc1. The Balaban J connectivity index is 1.57. The Bertz CT molecular complexity index is 941. The summed E-state index contributed by atoms with van der Waals surface area (Å²) in [5.41, 5.74) is 1.54. The fourth-order valence-electron chi connectivity index (χ4n) is 2.18. The largest absolute Gasteiger partial charge is 0.494 e. The van der Waals surface area contributed by atoms with Crippen LogP contribution in [0.1, 0.15) is 17.5 Å². The van der Waals surface area contributed by atoms with Crippen LogP contribution in [0.25, 0.3) is 12.2 Å². The molecular weight excluding hydrogens is 384 g/mol. The Labute approximate surface area is 165 Å². The quantitative estimate of drug-likeness (QED) is 0.580. The molecule has 0 aliphatic heterocycles. The molecule has 2 aromatic carbocycles. The fourth-order valence-corrected chi connectivity index (χ4v) is 3.02. The van der Waals surface area contributed by atoms with Crippen molar-refractivity contribution >= 4 is 51.9 Å². The van der Waals surface area contributed by atoms with Crippen molar-refractivity contribution in [1.82, 2.24) is 10.2 Å². The maximum Gasteiger partial charge on any atom is 0.325 e. The second-order valence-corrected chi connectivity index (χ2v) is 6.75. The average Bonchev–Trinajstić information content (AvgIpc) is 3.10. The molecule has 3 aromatic rings. The summed E-state index contributed by atoms with van der Waals surface area (Å²) in [5, 5.41) is 15.1. The van der Waals surface area contributed by atoms with Gasteiger partial charge in [0.1, 0.15) is 10.8 Å². The molecule has 0 saturated heterocycles. The van der Waals surface area contributed by atoms with E-state index in [4.69, 9.17) is 16.3 Å². The first-order chi connectivity index (χ1) is 13.1. The van der Waals surface area contributed by atoms with Crippen LogP contribution >= 0.6 is 22.9 Å². The van der Waals surface area contributed by atoms with Gasteiger partial charge >= 0.3 is 6.03 Å². The van der Waals surface area contributed by atoms with Gasteiger partial charge in [-0.3, -0.25) is 5.32 Å². The molecule has 8 heteroatoms. The minimum atomic E-state index is -0.392. The maximum absolute atomic E-state index is 12.1. The molecule has 0 aliphatic carbocycles. The highest BCUT2D eigenvalue weighted by Gasteiger charge is 2.07. The number of ether oxygens (including phenoxy) is 1. The number of nitrogens with zero attached hydrogens (tertiary/aromatic N) is 2. The van der Waals surface area contributed by atoms with E-state index in [1.165, 1.54) is 11.3 Å². The molecule has 2 amide bonds. The molecule has 0 fully saturated rings. The van der Waals surface area contributed by atoms with Gasteiger partial charge in [-0.15, -0.1) is 10.2 Å². The first kappa shape index (κ1) is 18.9. The van der Waals surface area contributed by atoms with Crippen LogP contribution in [-0.2, 0) is 0 Å². The summed E-state index contributed by atoms with van der Waals surface area (Å²) in [6.07, 6.45) is 3.65. The van der Waals surface area contributed by atoms with Crippen molar-refractivity contribution < 1.29 is 9.53 Å². The van der Waals surface area contributed by atoms with Crippen molar-refractivity contribution in [3.8, 4) is 5.75 Å². The molecule has 0 spiro atoms. The average molecular weight is 401 g/mol. The summed E-state index contributed by atoms with van der Waals surface area (Å²) in [6.45, 7) is 2.51. The summed E-state index contributed by atoms with van der Waals surface area (Å²) >= 11 is 7.37. The van der Waals surface area contributed by atoms with E-state index in [1.54, 1.807) is 30.3 Å². The highest BCUT2D eigenvalue weighted by atomic mass is 35.5. The van der Waals surface area contributed by atoms with Crippen LogP contribution in [-0.4, -0.2) is 22.8 Å². The maximum atomic E-state index is 12.1. The summed E-state index contributed by atoms with van der Waals surface area (Å²) in [5.74, 6) is 0.752. The number of carbonyl (C=O) groups is 1. The van der Waals surface area contributed by atoms with Gasteiger partial charge in [0.2, 0.25) is 5.13 Å². The van der Waals surface area contributed by atoms with Crippen molar-refractivity contribution in [2.24, 2.45) is 0 Å². The predicted molar refractivity (Wildman–Crippen MR) is 111 cm³/mol. The molecule has 1 aromatic heterocycles. The summed E-state index contributed by atoms with van der Waals surface area (Å²) in [6, 6.07) is 14.2. The summed E-state index contributed by atoms with van der Waals surface area (Å²) in [4.78, 5) is 12.1. The summed E-state index contributed by atoms with van der Waals surface area (Å²) in [7, 11) is 0. The lowest BCUT2D eigenvalue weighted by Gasteiger charge is -2.06. The van der Waals surface area contributed by atoms with E-state index in [9.17, 15) is 4.79 Å². The van der Waals surface area contributed by atoms with Crippen LogP contribution < -0.4 is 15.4 Å². The third kappa shape index (κ3) is 5.54. The Morgan fingerprint density at radius 2 is 1.89 bits per heavy atom. The molecule has 1 heterocycles. The zero-order valence-corrected chi connectivity index (χ0v) is 16.1. The van der Waals surface area contributed by atoms with Crippen molar-refractivity contribution in [3.63, 3.8) is 0 Å². The van der Waals surface area contributed by atoms with Crippen LogP contribution in [0.4, 0.5) is 15.6 Å². The number of halogens is 1. The lowest BCUT2D eigenvalue weighted by Crippen LogP contribution is -2.19. The van der Waals surface area contributed by atoms with Gasteiger partial charge in [-0.05, 0) is 48.9 Å². The highest BCUT2D eigenvalue weighted by Crippen LogP contribution is 2.21. The van der Waals surface area contributed by atoms with E-state index in [-0.39, 0.29) is 0 Å². The molecule has 2 N–H and O–H groups in total. The van der Waals surface area contributed by atoms with Crippen LogP contribution in [0.2, 0.25) is 5.02 Å². The molecule has 3 rings (SSSR count). The second kappa shape index (κ2) is 9.16. The van der Waals surface area contributed by atoms with Gasteiger partial charge in [-0.25, -0.2) is 4.79 Å². The Hall–Kier alpha value is -2.90. The molecular formula is C19H17ClN4O2S. The lowest BCUT2D eigenvalue weighted by atomic mass is 10.2. The van der Waals surface area contributed by atoms with Crippen molar-refractivity contribution in [2.75, 3.05) is 17.2 Å². The molecule has 138 valence electrons. The number of anilines is 2. The lowest BCUT2D eigenvalue weighted by molar-refractivity contribution is 0.262. The van der Waals surface area contributed by atoms with Gasteiger partial charge in [0.25, 0.3) is 0 Å². The normalized spacial score (nSPS) is 10.7. The van der Waals surface area contributed by atoms with Crippen LogP contribution in [0.15, 0.2) is 48.5 Å². The van der Waals surface area contributed by atoms with Crippen molar-refractivity contribution in [2.45, 2.75) is 6.92 Å². The third-order valence-corrected chi connectivity index (χ3v) is 4.54. The minimum Gasteiger partial charge on any atom is -0.494 e. The van der Waals surface area contributed by atoms with Gasteiger partial charge in [-0.1, -0.05) is 47.2 Å². The molecule has 0 aliphatic rings. The molecule has 0 bridgehead atoms. The van der Waals surface area contributed by atoms with Gasteiger partial charge < -0.3 is 10.1 Å².